The van der Waals surface area contributed by atoms with Crippen LogP contribution in [0.3, 0.4) is 0 Å². The normalized spacial score (nSPS) is 11.7. The molecule has 0 radical (unpaired) electrons. The van der Waals surface area contributed by atoms with E-state index in [1.54, 1.807) is 28.8 Å². The summed E-state index contributed by atoms with van der Waals surface area (Å²) >= 11 is 13.7. The summed E-state index contributed by atoms with van der Waals surface area (Å²) in [4.78, 5) is 27.3. The summed E-state index contributed by atoms with van der Waals surface area (Å²) in [5.41, 5.74) is 2.00. The Bertz CT molecular complexity index is 818. The van der Waals surface area contributed by atoms with Gasteiger partial charge in [0, 0.05) is 18.8 Å². The number of hydrogen-bond donors (Lipinski definition) is 1. The summed E-state index contributed by atoms with van der Waals surface area (Å²) in [7, 11) is 0. The Kier molecular flexibility index (Phi) is 9.85. The molecule has 0 saturated heterocycles. The number of thioether (sulfide) groups is 1. The van der Waals surface area contributed by atoms with E-state index >= 15 is 0 Å². The Labute approximate surface area is 187 Å². The minimum absolute atomic E-state index is 0.0740. The highest BCUT2D eigenvalue weighted by atomic mass is 35.5. The monoisotopic (exact) mass is 452 g/mol. The Balaban J connectivity index is 2.14. The van der Waals surface area contributed by atoms with Crippen molar-refractivity contribution in [1.82, 2.24) is 10.2 Å². The van der Waals surface area contributed by atoms with Crippen molar-refractivity contribution >= 4 is 46.8 Å². The van der Waals surface area contributed by atoms with Gasteiger partial charge in [-0.2, -0.15) is 0 Å². The molecule has 0 aliphatic carbocycles. The quantitative estimate of drug-likeness (QED) is 0.540. The maximum absolute atomic E-state index is 13.1. The fraction of sp³-hybridized carbons (Fsp3) is 0.364. The molecule has 0 saturated carbocycles. The lowest BCUT2D eigenvalue weighted by molar-refractivity contribution is -0.139. The summed E-state index contributed by atoms with van der Waals surface area (Å²) < 4.78 is 0. The topological polar surface area (TPSA) is 49.4 Å². The Hall–Kier alpha value is -1.69. The number of rotatable bonds is 10. The molecule has 156 valence electrons. The molecule has 4 nitrogen and oxygen atoms in total. The van der Waals surface area contributed by atoms with Gasteiger partial charge in [-0.15, -0.1) is 11.8 Å². The fourth-order valence-corrected chi connectivity index (χ4v) is 4.15. The van der Waals surface area contributed by atoms with Gasteiger partial charge in [0.1, 0.15) is 6.04 Å². The van der Waals surface area contributed by atoms with E-state index in [-0.39, 0.29) is 11.8 Å². The third-order valence-corrected chi connectivity index (χ3v) is 6.14. The summed E-state index contributed by atoms with van der Waals surface area (Å²) in [5, 5.41) is 3.73. The van der Waals surface area contributed by atoms with Crippen LogP contribution in [0.5, 0.6) is 0 Å². The van der Waals surface area contributed by atoms with E-state index in [0.717, 1.165) is 16.9 Å². The molecule has 0 aliphatic heterocycles. The lowest BCUT2D eigenvalue weighted by Crippen LogP contribution is -2.49. The van der Waals surface area contributed by atoms with Gasteiger partial charge in [-0.1, -0.05) is 66.5 Å². The second-order valence-corrected chi connectivity index (χ2v) is 8.37. The molecule has 29 heavy (non-hydrogen) atoms. The fourth-order valence-electron chi connectivity index (χ4n) is 2.96. The Morgan fingerprint density at radius 3 is 2.38 bits per heavy atom. The molecule has 1 N–H and O–H groups in total. The van der Waals surface area contributed by atoms with Crippen molar-refractivity contribution < 1.29 is 9.59 Å². The van der Waals surface area contributed by atoms with Crippen LogP contribution in [0.1, 0.15) is 31.4 Å². The molecule has 0 heterocycles. The van der Waals surface area contributed by atoms with E-state index in [2.05, 4.69) is 5.32 Å². The second kappa shape index (κ2) is 12.1. The van der Waals surface area contributed by atoms with Crippen molar-refractivity contribution in [3.05, 3.63) is 69.7 Å². The first-order valence-corrected chi connectivity index (χ1v) is 11.5. The third kappa shape index (κ3) is 7.25. The van der Waals surface area contributed by atoms with Crippen molar-refractivity contribution in [1.29, 1.82) is 0 Å². The van der Waals surface area contributed by atoms with Gasteiger partial charge in [-0.3, -0.25) is 9.59 Å². The molecule has 0 aliphatic rings. The predicted octanol–water partition coefficient (Wildman–Crippen LogP) is 5.17. The molecular formula is C22H26Cl2N2O2S. The van der Waals surface area contributed by atoms with Crippen molar-refractivity contribution in [2.24, 2.45) is 0 Å². The molecule has 2 aromatic rings. The average molecular weight is 453 g/mol. The Morgan fingerprint density at radius 2 is 1.76 bits per heavy atom. The van der Waals surface area contributed by atoms with E-state index in [4.69, 9.17) is 23.2 Å². The lowest BCUT2D eigenvalue weighted by atomic mass is 10.1. The SMILES string of the molecule is CCNC(=O)[C@H](CC)N(Cc1ccc(Cl)c(Cl)c1)C(=O)CSCc1ccccc1. The molecule has 2 rings (SSSR count). The molecule has 0 unspecified atom stereocenters. The zero-order valence-electron chi connectivity index (χ0n) is 16.7. The van der Waals surface area contributed by atoms with Crippen LogP contribution in [-0.4, -0.2) is 35.1 Å². The smallest absolute Gasteiger partial charge is 0.242 e. The number of likely N-dealkylation sites (N-methyl/N-ethyl adjacent to an activating group) is 1. The van der Waals surface area contributed by atoms with Crippen molar-refractivity contribution in [3.8, 4) is 0 Å². The van der Waals surface area contributed by atoms with Gasteiger partial charge in [0.25, 0.3) is 0 Å². The van der Waals surface area contributed by atoms with Gasteiger partial charge in [0.05, 0.1) is 15.8 Å². The van der Waals surface area contributed by atoms with Crippen LogP contribution in [0.25, 0.3) is 0 Å². The summed E-state index contributed by atoms with van der Waals surface area (Å²) in [6.07, 6.45) is 0.530. The summed E-state index contributed by atoms with van der Waals surface area (Å²) in [6, 6.07) is 14.8. The maximum atomic E-state index is 13.1. The zero-order valence-corrected chi connectivity index (χ0v) is 19.0. The maximum Gasteiger partial charge on any atom is 0.242 e. The van der Waals surface area contributed by atoms with Crippen LogP contribution in [0.15, 0.2) is 48.5 Å². The largest absolute Gasteiger partial charge is 0.355 e. The van der Waals surface area contributed by atoms with Crippen LogP contribution in [-0.2, 0) is 21.9 Å². The van der Waals surface area contributed by atoms with Gasteiger partial charge in [-0.25, -0.2) is 0 Å². The minimum atomic E-state index is -0.533. The van der Waals surface area contributed by atoms with Crippen LogP contribution in [0, 0.1) is 0 Å². The predicted molar refractivity (Wildman–Crippen MR) is 122 cm³/mol. The molecule has 0 fully saturated rings. The van der Waals surface area contributed by atoms with Gasteiger partial charge in [-0.05, 0) is 36.6 Å². The number of halogens is 2. The molecule has 0 aromatic heterocycles. The first-order valence-electron chi connectivity index (χ1n) is 9.59. The molecule has 2 aromatic carbocycles. The molecule has 0 bridgehead atoms. The summed E-state index contributed by atoms with van der Waals surface area (Å²) in [5.74, 6) is 0.823. The van der Waals surface area contributed by atoms with E-state index in [1.807, 2.05) is 50.2 Å². The van der Waals surface area contributed by atoms with Gasteiger partial charge < -0.3 is 10.2 Å². The number of hydrogen-bond acceptors (Lipinski definition) is 3. The molecule has 0 spiro atoms. The minimum Gasteiger partial charge on any atom is -0.355 e. The number of amides is 2. The zero-order chi connectivity index (χ0) is 21.2. The van der Waals surface area contributed by atoms with E-state index in [1.165, 1.54) is 0 Å². The number of carbonyl (C=O) groups excluding carboxylic acids is 2. The standard InChI is InChI=1S/C22H26Cl2N2O2S/c1-3-20(22(28)25-4-2)26(13-17-10-11-18(23)19(24)12-17)21(27)15-29-14-16-8-6-5-7-9-16/h5-12,20H,3-4,13-15H2,1-2H3,(H,25,28)/t20-/m0/s1. The van der Waals surface area contributed by atoms with Crippen LogP contribution in [0.2, 0.25) is 10.0 Å². The number of nitrogens with one attached hydrogen (secondary N) is 1. The number of carbonyl (C=O) groups is 2. The second-order valence-electron chi connectivity index (χ2n) is 6.57. The molecule has 2 amide bonds. The van der Waals surface area contributed by atoms with Gasteiger partial charge >= 0.3 is 0 Å². The van der Waals surface area contributed by atoms with Crippen LogP contribution < -0.4 is 5.32 Å². The van der Waals surface area contributed by atoms with Crippen LogP contribution in [0.4, 0.5) is 0 Å². The highest BCUT2D eigenvalue weighted by molar-refractivity contribution is 7.99. The average Bonchev–Trinajstić information content (AvgIpc) is 2.71. The van der Waals surface area contributed by atoms with E-state index in [9.17, 15) is 9.59 Å². The first-order chi connectivity index (χ1) is 14.0. The number of nitrogens with zero attached hydrogens (tertiary/aromatic N) is 1. The molecular weight excluding hydrogens is 427 g/mol. The first kappa shape index (κ1) is 23.6. The number of benzene rings is 2. The lowest BCUT2D eigenvalue weighted by Gasteiger charge is -2.30. The van der Waals surface area contributed by atoms with Crippen molar-refractivity contribution in [2.45, 2.75) is 38.6 Å². The van der Waals surface area contributed by atoms with Crippen LogP contribution >= 0.6 is 35.0 Å². The van der Waals surface area contributed by atoms with Gasteiger partial charge in [0.15, 0.2) is 0 Å². The summed E-state index contributed by atoms with van der Waals surface area (Å²) in [6.45, 7) is 4.60. The van der Waals surface area contributed by atoms with Crippen molar-refractivity contribution in [2.75, 3.05) is 12.3 Å². The van der Waals surface area contributed by atoms with Crippen molar-refractivity contribution in [3.63, 3.8) is 0 Å². The van der Waals surface area contributed by atoms with Gasteiger partial charge in [0.2, 0.25) is 11.8 Å². The highest BCUT2D eigenvalue weighted by Gasteiger charge is 2.28. The third-order valence-electron chi connectivity index (χ3n) is 4.41. The highest BCUT2D eigenvalue weighted by Crippen LogP contribution is 2.24. The van der Waals surface area contributed by atoms with E-state index < -0.39 is 6.04 Å². The van der Waals surface area contributed by atoms with E-state index in [0.29, 0.717) is 35.3 Å². The molecule has 1 atom stereocenters. The molecule has 7 heteroatoms. The Morgan fingerprint density at radius 1 is 1.03 bits per heavy atom.